The molecule has 2 aromatic rings. The van der Waals surface area contributed by atoms with E-state index in [-0.39, 0.29) is 18.9 Å². The number of nitrogens with zero attached hydrogens (tertiary/aromatic N) is 1. The quantitative estimate of drug-likeness (QED) is 0.781. The number of ether oxygens (including phenoxy) is 1. The van der Waals surface area contributed by atoms with Crippen LogP contribution < -0.4 is 10.1 Å². The van der Waals surface area contributed by atoms with Crippen molar-refractivity contribution in [3.8, 4) is 5.75 Å². The Labute approximate surface area is 161 Å². The molecule has 0 spiro atoms. The molecule has 28 heavy (non-hydrogen) atoms. The highest BCUT2D eigenvalue weighted by Crippen LogP contribution is 2.29. The molecule has 1 aromatic heterocycles. The Kier molecular flexibility index (Phi) is 4.77. The molecule has 0 saturated carbocycles. The molecule has 4 rings (SSSR count). The number of hydrogen-bond donors (Lipinski definition) is 2. The number of likely N-dealkylation sites (tertiary alicyclic amines) is 1. The fourth-order valence-corrected chi connectivity index (χ4v) is 3.63. The van der Waals surface area contributed by atoms with Crippen molar-refractivity contribution in [3.63, 3.8) is 0 Å². The fourth-order valence-electron chi connectivity index (χ4n) is 3.63. The van der Waals surface area contributed by atoms with Crippen LogP contribution in [0.25, 0.3) is 0 Å². The van der Waals surface area contributed by atoms with Gasteiger partial charge in [0.05, 0.1) is 25.3 Å². The number of hydrogen-bond acceptors (Lipinski definition) is 5. The molecule has 2 unspecified atom stereocenters. The van der Waals surface area contributed by atoms with Crippen molar-refractivity contribution in [2.24, 2.45) is 5.92 Å². The number of carboxylic acid groups (broad SMARTS) is 1. The van der Waals surface area contributed by atoms with Gasteiger partial charge in [-0.3, -0.25) is 9.59 Å². The smallest absolute Gasteiger partial charge is 0.330 e. The van der Waals surface area contributed by atoms with Gasteiger partial charge in [-0.05, 0) is 35.4 Å². The summed E-state index contributed by atoms with van der Waals surface area (Å²) < 4.78 is 10.7. The van der Waals surface area contributed by atoms with Crippen LogP contribution in [0.1, 0.15) is 29.3 Å². The number of furan rings is 1. The summed E-state index contributed by atoms with van der Waals surface area (Å²) in [6.45, 7) is 1.09. The van der Waals surface area contributed by atoms with E-state index < -0.39 is 23.8 Å². The Balaban J connectivity index is 1.44. The molecule has 8 nitrogen and oxygen atoms in total. The first-order valence-electron chi connectivity index (χ1n) is 9.10. The van der Waals surface area contributed by atoms with E-state index >= 15 is 0 Å². The summed E-state index contributed by atoms with van der Waals surface area (Å²) in [7, 11) is 0. The minimum absolute atomic E-state index is 0.0525. The van der Waals surface area contributed by atoms with Gasteiger partial charge in [0.1, 0.15) is 11.5 Å². The zero-order chi connectivity index (χ0) is 19.7. The van der Waals surface area contributed by atoms with Crippen molar-refractivity contribution in [3.05, 3.63) is 53.5 Å². The predicted molar refractivity (Wildman–Crippen MR) is 96.4 cm³/mol. The van der Waals surface area contributed by atoms with Gasteiger partial charge in [-0.2, -0.15) is 0 Å². The average molecular weight is 384 g/mol. The Morgan fingerprint density at radius 2 is 2.18 bits per heavy atom. The van der Waals surface area contributed by atoms with E-state index in [0.29, 0.717) is 30.9 Å². The lowest BCUT2D eigenvalue weighted by Crippen LogP contribution is -2.38. The number of carbonyl (C=O) groups is 3. The van der Waals surface area contributed by atoms with Gasteiger partial charge in [0.25, 0.3) is 0 Å². The molecule has 2 amide bonds. The second kappa shape index (κ2) is 7.38. The number of carboxylic acids is 1. The SMILES string of the molecule is O=C(NC(C(=O)O)c1ccc2c(c1)CCO2)C1CC(=O)N(Cc2ccco2)C1. The molecule has 0 aliphatic carbocycles. The average Bonchev–Trinajstić information content (AvgIpc) is 3.41. The molecule has 3 heterocycles. The highest BCUT2D eigenvalue weighted by Gasteiger charge is 2.36. The van der Waals surface area contributed by atoms with Gasteiger partial charge in [-0.25, -0.2) is 4.79 Å². The van der Waals surface area contributed by atoms with E-state index in [0.717, 1.165) is 11.3 Å². The maximum Gasteiger partial charge on any atom is 0.330 e. The van der Waals surface area contributed by atoms with E-state index in [1.54, 1.807) is 35.2 Å². The molecule has 2 atom stereocenters. The van der Waals surface area contributed by atoms with Gasteiger partial charge < -0.3 is 24.5 Å². The summed E-state index contributed by atoms with van der Waals surface area (Å²) in [5.74, 6) is -0.962. The van der Waals surface area contributed by atoms with Crippen LogP contribution >= 0.6 is 0 Å². The first-order chi connectivity index (χ1) is 13.5. The van der Waals surface area contributed by atoms with E-state index in [4.69, 9.17) is 9.15 Å². The third kappa shape index (κ3) is 3.58. The van der Waals surface area contributed by atoms with Crippen LogP contribution in [0, 0.1) is 5.92 Å². The van der Waals surface area contributed by atoms with Crippen molar-refractivity contribution in [1.29, 1.82) is 0 Å². The topological polar surface area (TPSA) is 109 Å². The Bertz CT molecular complexity index is 907. The van der Waals surface area contributed by atoms with Gasteiger partial charge in [0.2, 0.25) is 11.8 Å². The lowest BCUT2D eigenvalue weighted by Gasteiger charge is -2.19. The normalized spacial score (nSPS) is 19.2. The molecule has 0 bridgehead atoms. The molecule has 1 fully saturated rings. The fraction of sp³-hybridized carbons (Fsp3) is 0.350. The first-order valence-corrected chi connectivity index (χ1v) is 9.10. The summed E-state index contributed by atoms with van der Waals surface area (Å²) in [6, 6.07) is 7.45. The molecule has 0 radical (unpaired) electrons. The first kappa shape index (κ1) is 18.1. The third-order valence-corrected chi connectivity index (χ3v) is 5.09. The van der Waals surface area contributed by atoms with Crippen molar-refractivity contribution in [2.75, 3.05) is 13.2 Å². The minimum Gasteiger partial charge on any atom is -0.493 e. The number of rotatable bonds is 6. The zero-order valence-corrected chi connectivity index (χ0v) is 15.1. The van der Waals surface area contributed by atoms with Gasteiger partial charge in [0, 0.05) is 19.4 Å². The summed E-state index contributed by atoms with van der Waals surface area (Å²) in [5.41, 5.74) is 1.42. The van der Waals surface area contributed by atoms with E-state index in [1.807, 2.05) is 0 Å². The van der Waals surface area contributed by atoms with Crippen LogP contribution in [0.4, 0.5) is 0 Å². The van der Waals surface area contributed by atoms with Gasteiger partial charge in [-0.1, -0.05) is 6.07 Å². The number of carbonyl (C=O) groups excluding carboxylic acids is 2. The largest absolute Gasteiger partial charge is 0.493 e. The van der Waals surface area contributed by atoms with Gasteiger partial charge in [0.15, 0.2) is 6.04 Å². The van der Waals surface area contributed by atoms with Crippen LogP contribution in [0.15, 0.2) is 41.0 Å². The zero-order valence-electron chi connectivity index (χ0n) is 15.1. The summed E-state index contributed by atoms with van der Waals surface area (Å²) in [6.07, 6.45) is 2.29. The summed E-state index contributed by atoms with van der Waals surface area (Å²) in [5, 5.41) is 12.2. The van der Waals surface area contributed by atoms with Gasteiger partial charge in [-0.15, -0.1) is 0 Å². The highest BCUT2D eigenvalue weighted by atomic mass is 16.5. The molecule has 1 saturated heterocycles. The number of amides is 2. The number of aliphatic carboxylic acids is 1. The second-order valence-corrected chi connectivity index (χ2v) is 7.00. The van der Waals surface area contributed by atoms with Crippen LogP contribution in [0.2, 0.25) is 0 Å². The highest BCUT2D eigenvalue weighted by molar-refractivity contribution is 5.91. The molecule has 8 heteroatoms. The maximum absolute atomic E-state index is 12.7. The van der Waals surface area contributed by atoms with Crippen LogP contribution in [-0.2, 0) is 27.3 Å². The minimum atomic E-state index is -1.17. The van der Waals surface area contributed by atoms with Crippen molar-refractivity contribution < 1.29 is 28.6 Å². The lowest BCUT2D eigenvalue weighted by molar-refractivity contribution is -0.142. The number of fused-ring (bicyclic) bond motifs is 1. The van der Waals surface area contributed by atoms with E-state index in [1.165, 1.54) is 6.26 Å². The molecular weight excluding hydrogens is 364 g/mol. The predicted octanol–water partition coefficient (Wildman–Crippen LogP) is 1.51. The summed E-state index contributed by atoms with van der Waals surface area (Å²) in [4.78, 5) is 38.2. The number of nitrogens with one attached hydrogen (secondary N) is 1. The number of benzene rings is 1. The van der Waals surface area contributed by atoms with Crippen LogP contribution in [0.3, 0.4) is 0 Å². The van der Waals surface area contributed by atoms with Crippen molar-refractivity contribution in [2.45, 2.75) is 25.4 Å². The van der Waals surface area contributed by atoms with Crippen molar-refractivity contribution in [1.82, 2.24) is 10.2 Å². The van der Waals surface area contributed by atoms with E-state index in [9.17, 15) is 19.5 Å². The molecule has 2 N–H and O–H groups in total. The van der Waals surface area contributed by atoms with Crippen LogP contribution in [0.5, 0.6) is 5.75 Å². The Hall–Kier alpha value is -3.29. The maximum atomic E-state index is 12.7. The lowest BCUT2D eigenvalue weighted by atomic mass is 10.0. The monoisotopic (exact) mass is 384 g/mol. The summed E-state index contributed by atoms with van der Waals surface area (Å²) >= 11 is 0. The van der Waals surface area contributed by atoms with Crippen molar-refractivity contribution >= 4 is 17.8 Å². The standard InChI is InChI=1S/C20H20N2O6/c23-17-9-14(10-22(17)11-15-2-1-6-27-15)19(24)21-18(20(25)26)13-3-4-16-12(8-13)5-7-28-16/h1-4,6,8,14,18H,5,7,9-11H2,(H,21,24)(H,25,26). The molecule has 2 aliphatic heterocycles. The second-order valence-electron chi connectivity index (χ2n) is 7.00. The molecular formula is C20H20N2O6. The Morgan fingerprint density at radius 3 is 2.93 bits per heavy atom. The van der Waals surface area contributed by atoms with Gasteiger partial charge >= 0.3 is 5.97 Å². The van der Waals surface area contributed by atoms with Crippen LogP contribution in [-0.4, -0.2) is 40.9 Å². The van der Waals surface area contributed by atoms with E-state index in [2.05, 4.69) is 5.32 Å². The Morgan fingerprint density at radius 1 is 1.32 bits per heavy atom. The molecule has 2 aliphatic rings. The molecule has 146 valence electrons. The third-order valence-electron chi connectivity index (χ3n) is 5.09. The molecule has 1 aromatic carbocycles.